The maximum absolute atomic E-state index is 13.3. The summed E-state index contributed by atoms with van der Waals surface area (Å²) >= 11 is 0. The van der Waals surface area contributed by atoms with Crippen LogP contribution in [0, 0.1) is 0 Å². The second kappa shape index (κ2) is 8.74. The van der Waals surface area contributed by atoms with Crippen molar-refractivity contribution < 1.29 is 54.1 Å². The van der Waals surface area contributed by atoms with Crippen LogP contribution in [0.2, 0.25) is 0 Å². The Kier molecular flexibility index (Phi) is 5.96. The predicted octanol–water partition coefficient (Wildman–Crippen LogP) is 0.671. The van der Waals surface area contributed by atoms with Gasteiger partial charge in [-0.15, -0.1) is 0 Å². The first-order chi connectivity index (χ1) is 16.1. The number of carbonyl (C=O) groups excluding carboxylic acids is 1. The second-order valence-electron chi connectivity index (χ2n) is 7.54. The molecule has 0 bridgehead atoms. The number of hydrogen-bond donors (Lipinski definition) is 6. The third-order valence-corrected chi connectivity index (χ3v) is 5.16. The van der Waals surface area contributed by atoms with Crippen molar-refractivity contribution >= 4 is 16.9 Å². The standard InChI is InChI=1S/C22H20O12/c1-8(24)31-20-15(7-23)33-22(18(20)30)34-21-17(29)16-13(28)5-10(25)6-14(16)32-19(21)9-2-3-11(26)12(27)4-9/h2-6,15,18,20,22-23,25-28,30H,7H2,1H3. The molecule has 1 aliphatic heterocycles. The Bertz CT molecular complexity index is 1310. The Morgan fingerprint density at radius 2 is 1.79 bits per heavy atom. The van der Waals surface area contributed by atoms with Crippen molar-refractivity contribution in [2.75, 3.05) is 6.61 Å². The van der Waals surface area contributed by atoms with Gasteiger partial charge in [0, 0.05) is 24.6 Å². The maximum Gasteiger partial charge on any atom is 0.303 e. The van der Waals surface area contributed by atoms with Crippen molar-refractivity contribution in [1.29, 1.82) is 0 Å². The fourth-order valence-corrected chi connectivity index (χ4v) is 3.63. The molecular formula is C22H20O12. The molecule has 1 fully saturated rings. The van der Waals surface area contributed by atoms with Crippen LogP contribution in [0.1, 0.15) is 6.92 Å². The number of esters is 1. The first kappa shape index (κ1) is 23.2. The molecule has 0 radical (unpaired) electrons. The van der Waals surface area contributed by atoms with E-state index >= 15 is 0 Å². The second-order valence-corrected chi connectivity index (χ2v) is 7.54. The zero-order chi connectivity index (χ0) is 24.7. The van der Waals surface area contributed by atoms with Crippen molar-refractivity contribution in [3.05, 3.63) is 40.6 Å². The molecule has 0 saturated carbocycles. The third-order valence-electron chi connectivity index (χ3n) is 5.16. The topological polar surface area (TPSA) is 196 Å². The summed E-state index contributed by atoms with van der Waals surface area (Å²) in [6.45, 7) is 0.459. The van der Waals surface area contributed by atoms with Crippen LogP contribution in [-0.4, -0.2) is 67.8 Å². The number of ether oxygens (including phenoxy) is 3. The van der Waals surface area contributed by atoms with Gasteiger partial charge >= 0.3 is 5.97 Å². The molecule has 0 amide bonds. The first-order valence-corrected chi connectivity index (χ1v) is 9.94. The summed E-state index contributed by atoms with van der Waals surface area (Å²) in [5, 5.41) is 59.3. The summed E-state index contributed by atoms with van der Waals surface area (Å²) in [5.74, 6) is -3.63. The van der Waals surface area contributed by atoms with Crippen molar-refractivity contribution in [3.8, 4) is 40.1 Å². The number of hydrogen-bond acceptors (Lipinski definition) is 12. The van der Waals surface area contributed by atoms with E-state index in [1.165, 1.54) is 6.07 Å². The van der Waals surface area contributed by atoms with Crippen molar-refractivity contribution in [3.63, 3.8) is 0 Å². The van der Waals surface area contributed by atoms with Gasteiger partial charge in [0.2, 0.25) is 17.5 Å². The zero-order valence-corrected chi connectivity index (χ0v) is 17.5. The summed E-state index contributed by atoms with van der Waals surface area (Å²) in [6.07, 6.45) is -5.69. The molecule has 4 atom stereocenters. The van der Waals surface area contributed by atoms with Crippen LogP contribution in [0.3, 0.4) is 0 Å². The average molecular weight is 476 g/mol. The molecule has 1 aliphatic rings. The fraction of sp³-hybridized carbons (Fsp3) is 0.273. The monoisotopic (exact) mass is 476 g/mol. The molecule has 6 N–H and O–H groups in total. The van der Waals surface area contributed by atoms with E-state index in [4.69, 9.17) is 18.6 Å². The number of fused-ring (bicyclic) bond motifs is 1. The van der Waals surface area contributed by atoms with Crippen molar-refractivity contribution in [2.24, 2.45) is 0 Å². The molecule has 12 heteroatoms. The van der Waals surface area contributed by atoms with Crippen LogP contribution in [0.25, 0.3) is 22.3 Å². The predicted molar refractivity (Wildman–Crippen MR) is 113 cm³/mol. The zero-order valence-electron chi connectivity index (χ0n) is 17.5. The molecule has 12 nitrogen and oxygen atoms in total. The highest BCUT2D eigenvalue weighted by molar-refractivity contribution is 5.88. The van der Waals surface area contributed by atoms with E-state index in [9.17, 15) is 40.2 Å². The van der Waals surface area contributed by atoms with Gasteiger partial charge in [0.1, 0.15) is 28.6 Å². The number of carbonyl (C=O) groups is 1. The fourth-order valence-electron chi connectivity index (χ4n) is 3.63. The van der Waals surface area contributed by atoms with Gasteiger partial charge in [-0.25, -0.2) is 0 Å². The van der Waals surface area contributed by atoms with Crippen LogP contribution in [0.5, 0.6) is 28.7 Å². The van der Waals surface area contributed by atoms with Crippen LogP contribution < -0.4 is 10.2 Å². The van der Waals surface area contributed by atoms with Crippen LogP contribution in [0.4, 0.5) is 0 Å². The third kappa shape index (κ3) is 4.05. The summed E-state index contributed by atoms with van der Waals surface area (Å²) in [7, 11) is 0. The highest BCUT2D eigenvalue weighted by atomic mass is 16.7. The molecule has 4 rings (SSSR count). The van der Waals surface area contributed by atoms with E-state index in [2.05, 4.69) is 0 Å². The Hall–Kier alpha value is -4.00. The van der Waals surface area contributed by atoms with E-state index in [0.29, 0.717) is 0 Å². The minimum Gasteiger partial charge on any atom is -0.508 e. The van der Waals surface area contributed by atoms with Gasteiger partial charge < -0.3 is 49.3 Å². The molecule has 2 heterocycles. The lowest BCUT2D eigenvalue weighted by molar-refractivity contribution is -0.153. The van der Waals surface area contributed by atoms with Crippen LogP contribution in [-0.2, 0) is 14.3 Å². The molecule has 1 saturated heterocycles. The number of phenols is 4. The van der Waals surface area contributed by atoms with Gasteiger partial charge in [-0.1, -0.05) is 0 Å². The van der Waals surface area contributed by atoms with Crippen LogP contribution in [0.15, 0.2) is 39.5 Å². The average Bonchev–Trinajstić information content (AvgIpc) is 3.05. The molecule has 180 valence electrons. The van der Waals surface area contributed by atoms with E-state index in [1.54, 1.807) is 0 Å². The van der Waals surface area contributed by atoms with Gasteiger partial charge in [0.15, 0.2) is 29.5 Å². The highest BCUT2D eigenvalue weighted by Gasteiger charge is 2.48. The van der Waals surface area contributed by atoms with Crippen molar-refractivity contribution in [1.82, 2.24) is 0 Å². The minimum absolute atomic E-state index is 0.0508. The number of aromatic hydroxyl groups is 4. The lowest BCUT2D eigenvalue weighted by Crippen LogP contribution is -2.39. The Balaban J connectivity index is 1.87. The molecule has 3 aromatic rings. The number of aliphatic hydroxyl groups excluding tert-OH is 2. The minimum atomic E-state index is -1.62. The summed E-state index contributed by atoms with van der Waals surface area (Å²) in [6, 6.07) is 5.47. The molecule has 0 aliphatic carbocycles. The quantitative estimate of drug-likeness (QED) is 0.223. The first-order valence-electron chi connectivity index (χ1n) is 9.94. The largest absolute Gasteiger partial charge is 0.508 e. The van der Waals surface area contributed by atoms with Gasteiger partial charge in [-0.2, -0.15) is 0 Å². The molecule has 0 spiro atoms. The molecule has 34 heavy (non-hydrogen) atoms. The Labute approximate surface area is 190 Å². The summed E-state index contributed by atoms with van der Waals surface area (Å²) in [5.41, 5.74) is -1.10. The maximum atomic E-state index is 13.3. The molecule has 1 aromatic heterocycles. The van der Waals surface area contributed by atoms with Gasteiger partial charge in [-0.3, -0.25) is 9.59 Å². The van der Waals surface area contributed by atoms with Gasteiger partial charge in [0.25, 0.3) is 0 Å². The number of benzene rings is 2. The normalized spacial score (nSPS) is 22.1. The lowest BCUT2D eigenvalue weighted by Gasteiger charge is -2.20. The number of aliphatic hydroxyl groups is 2. The van der Waals surface area contributed by atoms with E-state index in [0.717, 1.165) is 31.2 Å². The van der Waals surface area contributed by atoms with Gasteiger partial charge in [-0.05, 0) is 18.2 Å². The van der Waals surface area contributed by atoms with E-state index in [1.807, 2.05) is 0 Å². The number of phenolic OH excluding ortho intramolecular Hbond substituents is 4. The Morgan fingerprint density at radius 3 is 2.44 bits per heavy atom. The van der Waals surface area contributed by atoms with Gasteiger partial charge in [0.05, 0.1) is 6.61 Å². The molecule has 4 unspecified atom stereocenters. The molecular weight excluding hydrogens is 456 g/mol. The lowest BCUT2D eigenvalue weighted by atomic mass is 10.1. The number of rotatable bonds is 5. The SMILES string of the molecule is CC(=O)OC1C(CO)OC(Oc2c(-c3ccc(O)c(O)c3)oc3cc(O)cc(O)c3c2=O)C1O. The summed E-state index contributed by atoms with van der Waals surface area (Å²) in [4.78, 5) is 24.7. The van der Waals surface area contributed by atoms with E-state index < -0.39 is 71.4 Å². The van der Waals surface area contributed by atoms with Crippen molar-refractivity contribution in [2.45, 2.75) is 31.5 Å². The smallest absolute Gasteiger partial charge is 0.303 e. The summed E-state index contributed by atoms with van der Waals surface area (Å²) < 4.78 is 21.7. The highest BCUT2D eigenvalue weighted by Crippen LogP contribution is 2.39. The molecule has 2 aromatic carbocycles. The van der Waals surface area contributed by atoms with E-state index in [-0.39, 0.29) is 22.3 Å². The Morgan fingerprint density at radius 1 is 1.06 bits per heavy atom. The van der Waals surface area contributed by atoms with Crippen LogP contribution >= 0.6 is 0 Å².